The molecular weight excluding hydrogens is 798 g/mol. The van der Waals surface area contributed by atoms with Crippen molar-refractivity contribution in [3.8, 4) is 0 Å². The molecule has 8 nitrogen and oxygen atoms in total. The third-order valence-corrected chi connectivity index (χ3v) is 8.44. The minimum absolute atomic E-state index is 0.0494. The quantitative estimate of drug-likeness (QED) is 0.188. The summed E-state index contributed by atoms with van der Waals surface area (Å²) in [5, 5.41) is 0. The molecule has 0 aromatic heterocycles. The first-order valence-electron chi connectivity index (χ1n) is 19.6. The average Bonchev–Trinajstić information content (AvgIpc) is 2.85. The highest BCUT2D eigenvalue weighted by atomic mass is 31.2. The van der Waals surface area contributed by atoms with E-state index in [1.165, 1.54) is 149 Å². The van der Waals surface area contributed by atoms with Crippen molar-refractivity contribution in [2.45, 2.75) is 203 Å². The number of rotatable bonds is 4. The molecule has 340 valence electrons. The van der Waals surface area contributed by atoms with E-state index in [1.807, 2.05) is 0 Å². The molecule has 0 heterocycles. The molecule has 0 bridgehead atoms. The zero-order valence-electron chi connectivity index (χ0n) is 36.5. The second-order valence-electron chi connectivity index (χ2n) is 12.6. The molecule has 4 atom stereocenters. The lowest BCUT2D eigenvalue weighted by atomic mass is 10.0. The molecule has 18 heteroatoms. The van der Waals surface area contributed by atoms with E-state index >= 15 is 0 Å². The van der Waals surface area contributed by atoms with Crippen LogP contribution in [0.25, 0.3) is 0 Å². The molecular formula is C36H86F6O8P4. The second-order valence-corrected chi connectivity index (χ2v) is 19.8. The largest absolute Gasteiger partial charge is 0.510 e. The van der Waals surface area contributed by atoms with Crippen LogP contribution in [0.4, 0.5) is 25.6 Å². The van der Waals surface area contributed by atoms with Gasteiger partial charge in [-0.05, 0) is 6.30 Å². The van der Waals surface area contributed by atoms with E-state index in [4.69, 9.17) is 14.7 Å². The Morgan fingerprint density at radius 2 is 0.611 bits per heavy atom. The van der Waals surface area contributed by atoms with Crippen LogP contribution in [-0.2, 0) is 22.7 Å². The predicted octanol–water partition coefficient (Wildman–Crippen LogP) is 17.0. The van der Waals surface area contributed by atoms with Crippen LogP contribution >= 0.6 is 30.7 Å². The number of alkyl halides is 2. The van der Waals surface area contributed by atoms with Gasteiger partial charge in [-0.2, -0.15) is 17.2 Å². The van der Waals surface area contributed by atoms with Gasteiger partial charge in [0.1, 0.15) is 0 Å². The molecule has 54 heavy (non-hydrogen) atoms. The molecule has 4 fully saturated rings. The Labute approximate surface area is 329 Å². The Morgan fingerprint density at radius 3 is 0.611 bits per heavy atom. The van der Waals surface area contributed by atoms with Crippen LogP contribution < -0.4 is 0 Å². The molecule has 0 aromatic rings. The molecule has 4 aliphatic rings. The van der Waals surface area contributed by atoms with E-state index in [2.05, 4.69) is 70.7 Å². The van der Waals surface area contributed by atoms with Crippen LogP contribution in [0.1, 0.15) is 198 Å². The molecule has 0 amide bonds. The minimum Gasteiger partial charge on any atom is -0.337 e. The topological polar surface area (TPSA) is 130 Å². The Bertz CT molecular complexity index is 738. The highest BCUT2D eigenvalue weighted by Gasteiger charge is 2.45. The summed E-state index contributed by atoms with van der Waals surface area (Å²) >= 11 is 0. The maximum Gasteiger partial charge on any atom is 0.510 e. The molecule has 4 saturated carbocycles. The van der Waals surface area contributed by atoms with Gasteiger partial charge in [-0.15, -0.1) is 4.20 Å². The summed E-state index contributed by atoms with van der Waals surface area (Å²) in [4.78, 5) is 22.7. The first-order chi connectivity index (χ1) is 24.6. The van der Waals surface area contributed by atoms with Crippen molar-refractivity contribution in [2.75, 3.05) is 27.0 Å². The van der Waals surface area contributed by atoms with Crippen molar-refractivity contribution >= 4 is 37.0 Å². The van der Waals surface area contributed by atoms with Crippen molar-refractivity contribution in [1.29, 1.82) is 0 Å². The monoisotopic (exact) mass is 885 g/mol. The lowest BCUT2D eigenvalue weighted by Gasteiger charge is -2.07. The van der Waals surface area contributed by atoms with Crippen LogP contribution in [0.3, 0.4) is 0 Å². The molecule has 0 saturated heterocycles. The van der Waals surface area contributed by atoms with E-state index in [-0.39, 0.29) is 13.1 Å². The zero-order valence-corrected chi connectivity index (χ0v) is 40.1. The van der Waals surface area contributed by atoms with Crippen molar-refractivity contribution < 1.29 is 63.0 Å². The SMILES string of the molecule is C1CCC1.C1CCC1.C1CCC1.C1CCC1.C=P(C)(F)OC.CC(F)(F)P(=O)(O)F.CCC.CCC.CCC.CCC.CCP(=O)(O)F.COP(=O)(O)F. The summed E-state index contributed by atoms with van der Waals surface area (Å²) in [6.45, 7) is 19.7. The van der Waals surface area contributed by atoms with Gasteiger partial charge >= 0.3 is 28.9 Å². The third kappa shape index (κ3) is 117. The fourth-order valence-corrected chi connectivity index (χ4v) is 1.000. The van der Waals surface area contributed by atoms with Gasteiger partial charge in [0.2, 0.25) is 0 Å². The van der Waals surface area contributed by atoms with Crippen molar-refractivity contribution in [2.24, 2.45) is 0 Å². The Balaban J connectivity index is -0.0000000722. The van der Waals surface area contributed by atoms with E-state index in [0.29, 0.717) is 0 Å². The molecule has 0 radical (unpaired) electrons. The highest BCUT2D eigenvalue weighted by Crippen LogP contribution is 2.57. The summed E-state index contributed by atoms with van der Waals surface area (Å²) in [6.07, 6.45) is 31.8. The van der Waals surface area contributed by atoms with E-state index in [0.717, 1.165) is 7.11 Å². The maximum absolute atomic E-state index is 11.9. The first-order valence-corrected chi connectivity index (χ1v) is 26.5. The number of halogens is 6. The van der Waals surface area contributed by atoms with Crippen LogP contribution in [0, 0.1) is 0 Å². The molecule has 0 aromatic carbocycles. The number of hydrogen-bond acceptors (Lipinski definition) is 5. The zero-order chi connectivity index (χ0) is 44.8. The lowest BCUT2D eigenvalue weighted by Crippen LogP contribution is -2.06. The van der Waals surface area contributed by atoms with Crippen molar-refractivity contribution in [3.63, 3.8) is 0 Å². The standard InChI is InChI=1S/4C4H8.C3H8FOP.4C3H8.C2H4F3O2P.C2H6FO2P.CH4FO3P/c4*1-2-4-3-1;1-5-6(2,3)4;4*1-3-2;1-2(3,4)8(5,6)7;1-2-6(3,4)5;1-5-6(2,3)4/h4*1-4H2;2H2,1,3H3;4*3H2,1-2H3;1H3,(H,6,7);2H2,1H3,(H,4,5);1H3,(H,3,4). The van der Waals surface area contributed by atoms with Gasteiger partial charge in [-0.3, -0.25) is 14.0 Å². The van der Waals surface area contributed by atoms with E-state index < -0.39 is 36.4 Å². The van der Waals surface area contributed by atoms with Gasteiger partial charge in [-0.25, -0.2) is 13.3 Å². The van der Waals surface area contributed by atoms with Crippen LogP contribution in [0.5, 0.6) is 0 Å². The lowest BCUT2D eigenvalue weighted by molar-refractivity contribution is 0.0873. The van der Waals surface area contributed by atoms with Gasteiger partial charge in [0.05, 0.1) is 6.16 Å². The van der Waals surface area contributed by atoms with Gasteiger partial charge < -0.3 is 14.3 Å². The van der Waals surface area contributed by atoms with E-state index in [1.54, 1.807) is 0 Å². The van der Waals surface area contributed by atoms with Crippen LogP contribution in [0.2, 0.25) is 0 Å². The van der Waals surface area contributed by atoms with Crippen LogP contribution in [-0.4, -0.2) is 53.7 Å². The first kappa shape index (κ1) is 72.0. The highest BCUT2D eigenvalue weighted by molar-refractivity contribution is 7.63. The van der Waals surface area contributed by atoms with Crippen molar-refractivity contribution in [3.05, 3.63) is 0 Å². The Morgan fingerprint density at radius 1 is 0.519 bits per heavy atom. The Kier molecular flexibility index (Phi) is 68.5. The van der Waals surface area contributed by atoms with E-state index in [9.17, 15) is 39.3 Å². The maximum atomic E-state index is 11.9. The number of hydrogen-bond donors (Lipinski definition) is 3. The summed E-state index contributed by atoms with van der Waals surface area (Å²) in [7, 11) is -15.0. The van der Waals surface area contributed by atoms with Gasteiger partial charge in [-0.1, -0.05) is 191 Å². The molecule has 4 aliphatic carbocycles. The van der Waals surface area contributed by atoms with Gasteiger partial charge in [0.15, 0.2) is 7.42 Å². The third-order valence-electron chi connectivity index (χ3n) is 5.48. The van der Waals surface area contributed by atoms with Gasteiger partial charge in [0, 0.05) is 27.8 Å². The second kappa shape index (κ2) is 51.4. The molecule has 3 N–H and O–H groups in total. The molecule has 4 rings (SSSR count). The smallest absolute Gasteiger partial charge is 0.337 e. The summed E-state index contributed by atoms with van der Waals surface area (Å²) in [5.41, 5.74) is -4.12. The molecule has 0 spiro atoms. The summed E-state index contributed by atoms with van der Waals surface area (Å²) in [6, 6.07) is 0. The molecule has 4 unspecified atom stereocenters. The molecule has 0 aliphatic heterocycles. The summed E-state index contributed by atoms with van der Waals surface area (Å²) in [5.74, 6) is 0. The van der Waals surface area contributed by atoms with Crippen molar-refractivity contribution in [1.82, 2.24) is 0 Å². The summed E-state index contributed by atoms with van der Waals surface area (Å²) < 4.78 is 104. The van der Waals surface area contributed by atoms with Gasteiger partial charge in [0.25, 0.3) is 0 Å². The normalized spacial score (nSPS) is 18.0. The fourth-order valence-electron chi connectivity index (χ4n) is 1.000. The predicted molar refractivity (Wildman–Crippen MR) is 227 cm³/mol. The van der Waals surface area contributed by atoms with Crippen LogP contribution in [0.15, 0.2) is 0 Å². The Hall–Kier alpha value is 0.370. The fraction of sp³-hybridized carbons (Fsp3) is 0.972. The average molecular weight is 885 g/mol. The minimum atomic E-state index is -5.68.